The molecule has 1 amide bonds. The number of carbonyl (C=O) groups excluding carboxylic acids is 3. The number of nitrogens with one attached hydrogen (secondary N) is 1. The van der Waals surface area contributed by atoms with Crippen molar-refractivity contribution in [3.63, 3.8) is 0 Å². The fourth-order valence-corrected chi connectivity index (χ4v) is 2.30. The molecule has 0 saturated carbocycles. The minimum atomic E-state index is -0.550. The number of esters is 2. The van der Waals surface area contributed by atoms with Crippen LogP contribution in [0.2, 0.25) is 0 Å². The van der Waals surface area contributed by atoms with Crippen LogP contribution in [0.3, 0.4) is 0 Å². The van der Waals surface area contributed by atoms with Gasteiger partial charge in [-0.1, -0.05) is 6.07 Å². The number of aliphatic imine (C=N–C) groups is 1. The van der Waals surface area contributed by atoms with E-state index in [2.05, 4.69) is 10.3 Å². The van der Waals surface area contributed by atoms with Gasteiger partial charge in [0.15, 0.2) is 5.96 Å². The van der Waals surface area contributed by atoms with Gasteiger partial charge >= 0.3 is 11.9 Å². The number of benzene rings is 2. The third kappa shape index (κ3) is 7.33. The standard InChI is InChI=1S/C20H22N4O5/c1-2-28-17(25)10-11-18(26)29-16-8-6-14(7-9-16)23-19(27)13-4-3-5-15(12-13)24-20(21)22/h3-9,12H,2,10-11H2,1H3,(H,23,27)(H4,21,22,24). The van der Waals surface area contributed by atoms with Crippen LogP contribution in [-0.4, -0.2) is 30.4 Å². The second-order valence-corrected chi connectivity index (χ2v) is 5.84. The van der Waals surface area contributed by atoms with Crippen molar-refractivity contribution >= 4 is 35.2 Å². The topological polar surface area (TPSA) is 146 Å². The third-order valence-electron chi connectivity index (χ3n) is 3.55. The largest absolute Gasteiger partial charge is 0.466 e. The summed E-state index contributed by atoms with van der Waals surface area (Å²) in [6.45, 7) is 1.96. The van der Waals surface area contributed by atoms with Crippen LogP contribution in [0.1, 0.15) is 30.1 Å². The molecule has 0 aliphatic rings. The highest BCUT2D eigenvalue weighted by atomic mass is 16.5. The molecule has 0 saturated heterocycles. The average Bonchev–Trinajstić information content (AvgIpc) is 2.68. The monoisotopic (exact) mass is 398 g/mol. The van der Waals surface area contributed by atoms with Crippen LogP contribution >= 0.6 is 0 Å². The van der Waals surface area contributed by atoms with Crippen LogP contribution in [0.15, 0.2) is 53.5 Å². The first-order valence-electron chi connectivity index (χ1n) is 8.84. The maximum absolute atomic E-state index is 12.4. The molecule has 0 aliphatic carbocycles. The molecule has 2 aromatic rings. The van der Waals surface area contributed by atoms with Crippen molar-refractivity contribution in [3.8, 4) is 5.75 Å². The molecule has 0 aliphatic heterocycles. The van der Waals surface area contributed by atoms with E-state index in [9.17, 15) is 14.4 Å². The van der Waals surface area contributed by atoms with Gasteiger partial charge in [0.1, 0.15) is 5.75 Å². The van der Waals surface area contributed by atoms with Gasteiger partial charge in [-0.05, 0) is 49.4 Å². The lowest BCUT2D eigenvalue weighted by molar-refractivity contribution is -0.146. The van der Waals surface area contributed by atoms with Crippen LogP contribution in [0, 0.1) is 0 Å². The molecule has 152 valence electrons. The summed E-state index contributed by atoms with van der Waals surface area (Å²) in [7, 11) is 0. The Morgan fingerprint density at radius 1 is 1.00 bits per heavy atom. The third-order valence-corrected chi connectivity index (χ3v) is 3.55. The Morgan fingerprint density at radius 3 is 2.34 bits per heavy atom. The smallest absolute Gasteiger partial charge is 0.311 e. The predicted octanol–water partition coefficient (Wildman–Crippen LogP) is 2.09. The predicted molar refractivity (Wildman–Crippen MR) is 108 cm³/mol. The highest BCUT2D eigenvalue weighted by Gasteiger charge is 2.11. The summed E-state index contributed by atoms with van der Waals surface area (Å²) in [4.78, 5) is 39.3. The molecule has 0 bridgehead atoms. The van der Waals surface area contributed by atoms with Gasteiger partial charge in [0.25, 0.3) is 5.91 Å². The molecule has 29 heavy (non-hydrogen) atoms. The number of amides is 1. The number of guanidine groups is 1. The second kappa shape index (κ2) is 10.5. The van der Waals surface area contributed by atoms with Gasteiger partial charge in [0.05, 0.1) is 25.1 Å². The van der Waals surface area contributed by atoms with Crippen molar-refractivity contribution in [1.29, 1.82) is 0 Å². The minimum absolute atomic E-state index is 0.0419. The van der Waals surface area contributed by atoms with E-state index in [1.54, 1.807) is 43.3 Å². The number of rotatable bonds is 8. The molecule has 0 atom stereocenters. The number of nitrogens with zero attached hydrogens (tertiary/aromatic N) is 1. The molecule has 0 radical (unpaired) electrons. The van der Waals surface area contributed by atoms with E-state index in [1.165, 1.54) is 12.1 Å². The maximum Gasteiger partial charge on any atom is 0.311 e. The van der Waals surface area contributed by atoms with Crippen LogP contribution in [-0.2, 0) is 14.3 Å². The molecule has 5 N–H and O–H groups in total. The van der Waals surface area contributed by atoms with E-state index in [0.717, 1.165) is 0 Å². The molecule has 2 aromatic carbocycles. The van der Waals surface area contributed by atoms with E-state index in [4.69, 9.17) is 20.9 Å². The summed E-state index contributed by atoms with van der Waals surface area (Å²) in [5.41, 5.74) is 12.0. The molecule has 9 heteroatoms. The lowest BCUT2D eigenvalue weighted by Crippen LogP contribution is -2.21. The Balaban J connectivity index is 1.92. The molecule has 0 aromatic heterocycles. The minimum Gasteiger partial charge on any atom is -0.466 e. The average molecular weight is 398 g/mol. The first-order valence-corrected chi connectivity index (χ1v) is 8.84. The Hall–Kier alpha value is -3.88. The molecule has 0 spiro atoms. The molecule has 2 rings (SSSR count). The van der Waals surface area contributed by atoms with Gasteiger partial charge in [-0.15, -0.1) is 0 Å². The summed E-state index contributed by atoms with van der Waals surface area (Å²) in [5.74, 6) is -1.16. The summed E-state index contributed by atoms with van der Waals surface area (Å²) >= 11 is 0. The van der Waals surface area contributed by atoms with Crippen molar-refractivity contribution in [2.75, 3.05) is 11.9 Å². The Bertz CT molecular complexity index is 905. The van der Waals surface area contributed by atoms with Gasteiger partial charge in [-0.2, -0.15) is 0 Å². The van der Waals surface area contributed by atoms with Crippen molar-refractivity contribution in [3.05, 3.63) is 54.1 Å². The summed E-state index contributed by atoms with van der Waals surface area (Å²) in [6.07, 6.45) is -0.122. The number of ether oxygens (including phenoxy) is 2. The zero-order valence-electron chi connectivity index (χ0n) is 15.9. The zero-order chi connectivity index (χ0) is 21.2. The normalized spacial score (nSPS) is 9.97. The molecule has 9 nitrogen and oxygen atoms in total. The van der Waals surface area contributed by atoms with Gasteiger partial charge in [0.2, 0.25) is 0 Å². The fourth-order valence-electron chi connectivity index (χ4n) is 2.30. The lowest BCUT2D eigenvalue weighted by Gasteiger charge is -2.08. The number of hydrogen-bond donors (Lipinski definition) is 3. The van der Waals surface area contributed by atoms with Crippen molar-refractivity contribution < 1.29 is 23.9 Å². The van der Waals surface area contributed by atoms with Gasteiger partial charge in [-0.25, -0.2) is 4.99 Å². The number of anilines is 1. The quantitative estimate of drug-likeness (QED) is 0.267. The van der Waals surface area contributed by atoms with Crippen LogP contribution in [0.4, 0.5) is 11.4 Å². The molecular weight excluding hydrogens is 376 g/mol. The number of nitrogens with two attached hydrogens (primary N) is 2. The lowest BCUT2D eigenvalue weighted by atomic mass is 10.2. The second-order valence-electron chi connectivity index (χ2n) is 5.84. The molecule has 0 unspecified atom stereocenters. The highest BCUT2D eigenvalue weighted by Crippen LogP contribution is 2.19. The van der Waals surface area contributed by atoms with Crippen LogP contribution in [0.5, 0.6) is 5.75 Å². The zero-order valence-corrected chi connectivity index (χ0v) is 15.9. The molecule has 0 fully saturated rings. The summed E-state index contributed by atoms with van der Waals surface area (Å²) < 4.78 is 9.89. The molecule has 0 heterocycles. The van der Waals surface area contributed by atoms with Crippen molar-refractivity contribution in [1.82, 2.24) is 0 Å². The molecular formula is C20H22N4O5. The Labute approximate surface area is 167 Å². The van der Waals surface area contributed by atoms with Crippen molar-refractivity contribution in [2.24, 2.45) is 16.5 Å². The first kappa shape index (κ1) is 21.4. The van der Waals surface area contributed by atoms with Gasteiger partial charge < -0.3 is 26.3 Å². The van der Waals surface area contributed by atoms with E-state index in [-0.39, 0.29) is 31.3 Å². The number of carbonyl (C=O) groups is 3. The first-order chi connectivity index (χ1) is 13.9. The van der Waals surface area contributed by atoms with Crippen LogP contribution < -0.4 is 21.5 Å². The number of hydrogen-bond acceptors (Lipinski definition) is 6. The van der Waals surface area contributed by atoms with E-state index < -0.39 is 11.9 Å². The van der Waals surface area contributed by atoms with E-state index in [0.29, 0.717) is 22.7 Å². The van der Waals surface area contributed by atoms with E-state index >= 15 is 0 Å². The van der Waals surface area contributed by atoms with Gasteiger partial charge in [-0.3, -0.25) is 14.4 Å². The van der Waals surface area contributed by atoms with Crippen LogP contribution in [0.25, 0.3) is 0 Å². The maximum atomic E-state index is 12.4. The SMILES string of the molecule is CCOC(=O)CCC(=O)Oc1ccc(NC(=O)c2cccc(N=C(N)N)c2)cc1. The van der Waals surface area contributed by atoms with Crippen molar-refractivity contribution in [2.45, 2.75) is 19.8 Å². The van der Waals surface area contributed by atoms with E-state index in [1.807, 2.05) is 0 Å². The van der Waals surface area contributed by atoms with Gasteiger partial charge in [0, 0.05) is 11.3 Å². The highest BCUT2D eigenvalue weighted by molar-refractivity contribution is 6.04. The Kier molecular flexibility index (Phi) is 7.72. The Morgan fingerprint density at radius 2 is 1.69 bits per heavy atom. The summed E-state index contributed by atoms with van der Waals surface area (Å²) in [6, 6.07) is 12.8. The summed E-state index contributed by atoms with van der Waals surface area (Å²) in [5, 5.41) is 2.72. The fraction of sp³-hybridized carbons (Fsp3) is 0.200.